The van der Waals surface area contributed by atoms with E-state index in [1.165, 1.54) is 0 Å². The van der Waals surface area contributed by atoms with Crippen LogP contribution in [-0.2, 0) is 6.54 Å². The van der Waals surface area contributed by atoms with E-state index < -0.39 is 0 Å². The van der Waals surface area contributed by atoms with E-state index in [4.69, 9.17) is 10.5 Å². The molecule has 1 aromatic carbocycles. The van der Waals surface area contributed by atoms with Crippen molar-refractivity contribution in [1.29, 1.82) is 0 Å². The zero-order valence-corrected chi connectivity index (χ0v) is 9.03. The van der Waals surface area contributed by atoms with Gasteiger partial charge in [-0.3, -0.25) is 4.68 Å². The van der Waals surface area contributed by atoms with Crippen LogP contribution < -0.4 is 10.5 Å². The molecule has 0 radical (unpaired) electrons. The minimum Gasteiger partial charge on any atom is -0.495 e. The minimum absolute atomic E-state index is 0.655. The second-order valence-corrected chi connectivity index (χ2v) is 3.52. The maximum Gasteiger partial charge on any atom is 0.142 e. The number of nitrogens with zero attached hydrogens (tertiary/aromatic N) is 2. The van der Waals surface area contributed by atoms with Crippen LogP contribution in [0.25, 0.3) is 10.9 Å². The van der Waals surface area contributed by atoms with Crippen molar-refractivity contribution in [3.05, 3.63) is 18.3 Å². The van der Waals surface area contributed by atoms with Gasteiger partial charge in [-0.1, -0.05) is 6.92 Å². The Balaban J connectivity index is 2.57. The summed E-state index contributed by atoms with van der Waals surface area (Å²) < 4.78 is 7.12. The highest BCUT2D eigenvalue weighted by Crippen LogP contribution is 2.27. The van der Waals surface area contributed by atoms with Gasteiger partial charge in [0.05, 0.1) is 24.5 Å². The number of ether oxygens (including phenoxy) is 1. The lowest BCUT2D eigenvalue weighted by molar-refractivity contribution is 0.417. The zero-order valence-electron chi connectivity index (χ0n) is 9.03. The number of nitrogen functional groups attached to an aromatic ring is 1. The van der Waals surface area contributed by atoms with Crippen LogP contribution in [0.3, 0.4) is 0 Å². The van der Waals surface area contributed by atoms with E-state index in [-0.39, 0.29) is 0 Å². The van der Waals surface area contributed by atoms with Gasteiger partial charge in [0.15, 0.2) is 0 Å². The quantitative estimate of drug-likeness (QED) is 0.780. The van der Waals surface area contributed by atoms with E-state index >= 15 is 0 Å². The van der Waals surface area contributed by atoms with E-state index in [0.29, 0.717) is 11.4 Å². The molecule has 0 unspecified atom stereocenters. The van der Waals surface area contributed by atoms with Gasteiger partial charge in [-0.05, 0) is 18.6 Å². The van der Waals surface area contributed by atoms with Crippen LogP contribution in [0, 0.1) is 0 Å². The first-order valence-electron chi connectivity index (χ1n) is 5.05. The summed E-state index contributed by atoms with van der Waals surface area (Å²) in [5.74, 6) is 0.707. The van der Waals surface area contributed by atoms with Gasteiger partial charge in [-0.25, -0.2) is 0 Å². The van der Waals surface area contributed by atoms with Crippen LogP contribution in [-0.4, -0.2) is 16.9 Å². The Labute approximate surface area is 88.6 Å². The molecule has 15 heavy (non-hydrogen) atoms. The van der Waals surface area contributed by atoms with E-state index in [2.05, 4.69) is 12.0 Å². The first-order chi connectivity index (χ1) is 7.26. The van der Waals surface area contributed by atoms with E-state index in [0.717, 1.165) is 23.9 Å². The van der Waals surface area contributed by atoms with E-state index in [1.807, 2.05) is 23.0 Å². The molecular weight excluding hydrogens is 190 g/mol. The van der Waals surface area contributed by atoms with Crippen LogP contribution in [0.5, 0.6) is 5.75 Å². The largest absolute Gasteiger partial charge is 0.495 e. The molecular formula is C11H15N3O. The maximum atomic E-state index is 5.86. The number of aryl methyl sites for hydroxylation is 1. The molecule has 0 spiro atoms. The summed E-state index contributed by atoms with van der Waals surface area (Å²) in [7, 11) is 1.62. The monoisotopic (exact) mass is 205 g/mol. The second kappa shape index (κ2) is 3.81. The summed E-state index contributed by atoms with van der Waals surface area (Å²) >= 11 is 0. The van der Waals surface area contributed by atoms with E-state index in [9.17, 15) is 0 Å². The number of anilines is 1. The molecule has 0 aliphatic rings. The summed E-state index contributed by atoms with van der Waals surface area (Å²) in [5.41, 5.74) is 7.58. The molecule has 0 saturated heterocycles. The summed E-state index contributed by atoms with van der Waals surface area (Å²) in [6.07, 6.45) is 2.90. The lowest BCUT2D eigenvalue weighted by Crippen LogP contribution is -1.99. The van der Waals surface area contributed by atoms with Crippen molar-refractivity contribution >= 4 is 16.6 Å². The van der Waals surface area contributed by atoms with Gasteiger partial charge in [-0.15, -0.1) is 0 Å². The molecule has 0 bridgehead atoms. The topological polar surface area (TPSA) is 53.1 Å². The fourth-order valence-electron chi connectivity index (χ4n) is 1.69. The van der Waals surface area contributed by atoms with Crippen LogP contribution in [0.2, 0.25) is 0 Å². The molecule has 2 N–H and O–H groups in total. The Morgan fingerprint density at radius 3 is 2.93 bits per heavy atom. The average Bonchev–Trinajstić information content (AvgIpc) is 2.61. The lowest BCUT2D eigenvalue weighted by Gasteiger charge is -2.05. The summed E-state index contributed by atoms with van der Waals surface area (Å²) in [6.45, 7) is 3.04. The van der Waals surface area contributed by atoms with Crippen molar-refractivity contribution in [2.24, 2.45) is 0 Å². The van der Waals surface area contributed by atoms with Crippen LogP contribution in [0.4, 0.5) is 5.69 Å². The van der Waals surface area contributed by atoms with Gasteiger partial charge in [0.1, 0.15) is 5.75 Å². The predicted molar refractivity (Wildman–Crippen MR) is 61.0 cm³/mol. The normalized spacial score (nSPS) is 10.8. The summed E-state index contributed by atoms with van der Waals surface area (Å²) in [4.78, 5) is 0. The SMILES string of the molecule is CCCn1ncc2cc(OC)c(N)cc21. The number of hydrogen-bond acceptors (Lipinski definition) is 3. The Hall–Kier alpha value is -1.71. The molecule has 2 rings (SSSR count). The fourth-order valence-corrected chi connectivity index (χ4v) is 1.69. The Kier molecular flexibility index (Phi) is 2.49. The molecule has 4 nitrogen and oxygen atoms in total. The maximum absolute atomic E-state index is 5.86. The van der Waals surface area contributed by atoms with Crippen molar-refractivity contribution < 1.29 is 4.74 Å². The standard InChI is InChI=1S/C11H15N3O/c1-3-4-14-10-6-9(12)11(15-2)5-8(10)7-13-14/h5-7H,3-4,12H2,1-2H3. The number of hydrogen-bond donors (Lipinski definition) is 1. The number of fused-ring (bicyclic) bond motifs is 1. The number of benzene rings is 1. The Bertz CT molecular complexity index is 476. The van der Waals surface area contributed by atoms with Gasteiger partial charge in [0.25, 0.3) is 0 Å². The molecule has 80 valence electrons. The second-order valence-electron chi connectivity index (χ2n) is 3.52. The molecule has 4 heteroatoms. The molecule has 0 amide bonds. The number of aromatic nitrogens is 2. The van der Waals surface area contributed by atoms with Gasteiger partial charge in [0.2, 0.25) is 0 Å². The highest BCUT2D eigenvalue weighted by atomic mass is 16.5. The smallest absolute Gasteiger partial charge is 0.142 e. The third kappa shape index (κ3) is 1.63. The van der Waals surface area contributed by atoms with Crippen LogP contribution >= 0.6 is 0 Å². The first kappa shape index (κ1) is 9.83. The molecule has 0 fully saturated rings. The van der Waals surface area contributed by atoms with Gasteiger partial charge < -0.3 is 10.5 Å². The highest BCUT2D eigenvalue weighted by molar-refractivity contribution is 5.85. The number of nitrogens with two attached hydrogens (primary N) is 1. The first-order valence-corrected chi connectivity index (χ1v) is 5.05. The van der Waals surface area contributed by atoms with Gasteiger partial charge in [-0.2, -0.15) is 5.10 Å². The number of rotatable bonds is 3. The Morgan fingerprint density at radius 2 is 2.27 bits per heavy atom. The van der Waals surface area contributed by atoms with Gasteiger partial charge >= 0.3 is 0 Å². The van der Waals surface area contributed by atoms with E-state index in [1.54, 1.807) is 7.11 Å². The lowest BCUT2D eigenvalue weighted by atomic mass is 10.2. The van der Waals surface area contributed by atoms with Crippen molar-refractivity contribution in [3.8, 4) is 5.75 Å². The summed E-state index contributed by atoms with van der Waals surface area (Å²) in [5, 5.41) is 5.37. The molecule has 2 aromatic rings. The molecule has 0 atom stereocenters. The zero-order chi connectivity index (χ0) is 10.8. The highest BCUT2D eigenvalue weighted by Gasteiger charge is 2.06. The molecule has 0 aliphatic heterocycles. The average molecular weight is 205 g/mol. The van der Waals surface area contributed by atoms with Crippen molar-refractivity contribution in [3.63, 3.8) is 0 Å². The van der Waals surface area contributed by atoms with Gasteiger partial charge in [0, 0.05) is 11.9 Å². The molecule has 1 aromatic heterocycles. The van der Waals surface area contributed by atoms with Crippen LogP contribution in [0.15, 0.2) is 18.3 Å². The molecule has 1 heterocycles. The summed E-state index contributed by atoms with van der Waals surface area (Å²) in [6, 6.07) is 3.83. The fraction of sp³-hybridized carbons (Fsp3) is 0.364. The molecule has 0 saturated carbocycles. The van der Waals surface area contributed by atoms with Crippen molar-refractivity contribution in [2.45, 2.75) is 19.9 Å². The predicted octanol–water partition coefficient (Wildman–Crippen LogP) is 2.04. The Morgan fingerprint density at radius 1 is 1.47 bits per heavy atom. The number of methoxy groups -OCH3 is 1. The van der Waals surface area contributed by atoms with Crippen molar-refractivity contribution in [1.82, 2.24) is 9.78 Å². The van der Waals surface area contributed by atoms with Crippen molar-refractivity contribution in [2.75, 3.05) is 12.8 Å². The third-order valence-corrected chi connectivity index (χ3v) is 2.43. The minimum atomic E-state index is 0.655. The third-order valence-electron chi connectivity index (χ3n) is 2.43. The van der Waals surface area contributed by atoms with Crippen LogP contribution in [0.1, 0.15) is 13.3 Å². The molecule has 0 aliphatic carbocycles.